The van der Waals surface area contributed by atoms with E-state index in [0.717, 1.165) is 11.3 Å². The lowest BCUT2D eigenvalue weighted by atomic mass is 10.2. The molecule has 0 aliphatic carbocycles. The quantitative estimate of drug-likeness (QED) is 0.354. The Hall–Kier alpha value is -3.91. The van der Waals surface area contributed by atoms with Crippen molar-refractivity contribution in [3.05, 3.63) is 89.9 Å². The summed E-state index contributed by atoms with van der Waals surface area (Å²) in [6.07, 6.45) is 4.62. The van der Waals surface area contributed by atoms with Gasteiger partial charge in [-0.1, -0.05) is 18.2 Å². The minimum atomic E-state index is -0.372. The van der Waals surface area contributed by atoms with Crippen molar-refractivity contribution in [1.82, 2.24) is 10.6 Å². The van der Waals surface area contributed by atoms with Gasteiger partial charge in [-0.15, -0.1) is 0 Å². The van der Waals surface area contributed by atoms with Crippen LogP contribution in [0.2, 0.25) is 0 Å². The molecule has 0 aliphatic rings. The van der Waals surface area contributed by atoms with E-state index in [9.17, 15) is 9.59 Å². The van der Waals surface area contributed by atoms with E-state index in [4.69, 9.17) is 21.4 Å². The van der Waals surface area contributed by atoms with E-state index in [1.807, 2.05) is 31.2 Å². The van der Waals surface area contributed by atoms with Gasteiger partial charge in [0.15, 0.2) is 5.11 Å². The number of thiocarbonyl (C=S) groups is 1. The lowest BCUT2D eigenvalue weighted by Crippen LogP contribution is -2.33. The zero-order valence-electron chi connectivity index (χ0n) is 17.5. The van der Waals surface area contributed by atoms with Crippen molar-refractivity contribution < 1.29 is 18.7 Å². The van der Waals surface area contributed by atoms with E-state index < -0.39 is 0 Å². The first kappa shape index (κ1) is 22.8. The second kappa shape index (κ2) is 11.5. The summed E-state index contributed by atoms with van der Waals surface area (Å²) in [5.41, 5.74) is 1.89. The van der Waals surface area contributed by atoms with Crippen LogP contribution in [0.1, 0.15) is 28.6 Å². The lowest BCUT2D eigenvalue weighted by molar-refractivity contribution is -0.115. The summed E-state index contributed by atoms with van der Waals surface area (Å²) in [4.78, 5) is 24.5. The van der Waals surface area contributed by atoms with Gasteiger partial charge in [0.1, 0.15) is 11.5 Å². The molecule has 1 heterocycles. The Kier molecular flexibility index (Phi) is 8.16. The normalized spacial score (nSPS) is 10.5. The second-order valence-electron chi connectivity index (χ2n) is 6.62. The van der Waals surface area contributed by atoms with Gasteiger partial charge < -0.3 is 19.8 Å². The number of benzene rings is 2. The maximum absolute atomic E-state index is 12.3. The molecule has 0 unspecified atom stereocenters. The van der Waals surface area contributed by atoms with Gasteiger partial charge in [-0.3, -0.25) is 14.9 Å². The average molecular weight is 450 g/mol. The molecule has 0 bridgehead atoms. The van der Waals surface area contributed by atoms with Gasteiger partial charge in [0, 0.05) is 17.3 Å². The fourth-order valence-corrected chi connectivity index (χ4v) is 2.97. The van der Waals surface area contributed by atoms with E-state index in [2.05, 4.69) is 16.0 Å². The third-order valence-corrected chi connectivity index (χ3v) is 4.45. The molecule has 0 fully saturated rings. The molecule has 8 heteroatoms. The molecular weight excluding hydrogens is 426 g/mol. The summed E-state index contributed by atoms with van der Waals surface area (Å²) in [5, 5.41) is 8.39. The molecule has 3 N–H and O–H groups in total. The molecule has 0 atom stereocenters. The zero-order chi connectivity index (χ0) is 22.8. The van der Waals surface area contributed by atoms with Crippen molar-refractivity contribution in [2.75, 3.05) is 11.9 Å². The molecular formula is C24H23N3O4S. The van der Waals surface area contributed by atoms with Gasteiger partial charge in [0.25, 0.3) is 5.91 Å². The number of hydrogen-bond donors (Lipinski definition) is 3. The topological polar surface area (TPSA) is 92.6 Å². The van der Waals surface area contributed by atoms with Crippen LogP contribution >= 0.6 is 12.2 Å². The number of carbonyl (C=O) groups is 2. The molecule has 0 saturated heterocycles. The van der Waals surface area contributed by atoms with Gasteiger partial charge in [0.05, 0.1) is 19.4 Å². The van der Waals surface area contributed by atoms with Crippen molar-refractivity contribution in [2.45, 2.75) is 13.5 Å². The molecule has 32 heavy (non-hydrogen) atoms. The Morgan fingerprint density at radius 1 is 1.09 bits per heavy atom. The van der Waals surface area contributed by atoms with E-state index >= 15 is 0 Å². The number of anilines is 1. The molecule has 3 aromatic rings. The number of amides is 2. The fraction of sp³-hybridized carbons (Fsp3) is 0.125. The second-order valence-corrected chi connectivity index (χ2v) is 7.03. The van der Waals surface area contributed by atoms with Crippen LogP contribution in [0.3, 0.4) is 0 Å². The van der Waals surface area contributed by atoms with Gasteiger partial charge in [-0.25, -0.2) is 0 Å². The fourth-order valence-electron chi connectivity index (χ4n) is 2.75. The maximum Gasteiger partial charge on any atom is 0.251 e. The molecule has 2 amide bonds. The number of nitrogens with one attached hydrogen (secondary N) is 3. The van der Waals surface area contributed by atoms with Gasteiger partial charge in [-0.05, 0) is 73.2 Å². The molecule has 0 aliphatic heterocycles. The molecule has 0 spiro atoms. The van der Waals surface area contributed by atoms with E-state index in [0.29, 0.717) is 30.2 Å². The Labute approximate surface area is 191 Å². The summed E-state index contributed by atoms with van der Waals surface area (Å²) in [6.45, 7) is 2.81. The first-order valence-electron chi connectivity index (χ1n) is 9.97. The third-order valence-electron chi connectivity index (χ3n) is 4.24. The van der Waals surface area contributed by atoms with Crippen LogP contribution < -0.4 is 20.7 Å². The predicted octanol–water partition coefficient (Wildman–Crippen LogP) is 4.13. The summed E-state index contributed by atoms with van der Waals surface area (Å²) in [6, 6.07) is 17.7. The molecule has 3 rings (SSSR count). The standard InChI is InChI=1S/C24H23N3O4S/c1-2-30-20-11-8-17(9-12-20)10-13-22(28)27-24(32)26-19-6-3-5-18(15-19)23(29)25-16-21-7-4-14-31-21/h3-15H,2,16H2,1H3,(H,25,29)(H2,26,27,28,32)/b13-10+. The number of furan rings is 1. The van der Waals surface area contributed by atoms with Crippen molar-refractivity contribution in [3.63, 3.8) is 0 Å². The van der Waals surface area contributed by atoms with Gasteiger partial charge >= 0.3 is 0 Å². The number of carbonyl (C=O) groups excluding carboxylic acids is 2. The van der Waals surface area contributed by atoms with Crippen LogP contribution in [-0.2, 0) is 11.3 Å². The summed E-state index contributed by atoms with van der Waals surface area (Å²) >= 11 is 5.20. The molecule has 0 saturated carbocycles. The smallest absolute Gasteiger partial charge is 0.251 e. The Bertz CT molecular complexity index is 1090. The van der Waals surface area contributed by atoms with E-state index in [1.165, 1.54) is 6.08 Å². The molecule has 164 valence electrons. The Balaban J connectivity index is 1.50. The van der Waals surface area contributed by atoms with Crippen LogP contribution in [0.15, 0.2) is 77.4 Å². The summed E-state index contributed by atoms with van der Waals surface area (Å²) < 4.78 is 10.6. The van der Waals surface area contributed by atoms with Crippen molar-refractivity contribution >= 4 is 40.9 Å². The minimum Gasteiger partial charge on any atom is -0.494 e. The monoisotopic (exact) mass is 449 g/mol. The number of rotatable bonds is 8. The molecule has 2 aromatic carbocycles. The number of ether oxygens (including phenoxy) is 1. The zero-order valence-corrected chi connectivity index (χ0v) is 18.3. The summed E-state index contributed by atoms with van der Waals surface area (Å²) in [5.74, 6) is 0.813. The van der Waals surface area contributed by atoms with Crippen LogP contribution in [0.5, 0.6) is 5.75 Å². The van der Waals surface area contributed by atoms with Crippen molar-refractivity contribution in [3.8, 4) is 5.75 Å². The van der Waals surface area contributed by atoms with Crippen LogP contribution in [0.4, 0.5) is 5.69 Å². The van der Waals surface area contributed by atoms with Crippen LogP contribution in [0.25, 0.3) is 6.08 Å². The first-order valence-corrected chi connectivity index (χ1v) is 10.4. The van der Waals surface area contributed by atoms with Gasteiger partial charge in [-0.2, -0.15) is 0 Å². The Morgan fingerprint density at radius 3 is 2.62 bits per heavy atom. The third kappa shape index (κ3) is 7.10. The first-order chi connectivity index (χ1) is 15.5. The highest BCUT2D eigenvalue weighted by atomic mass is 32.1. The molecule has 1 aromatic heterocycles. The highest BCUT2D eigenvalue weighted by Crippen LogP contribution is 2.13. The van der Waals surface area contributed by atoms with E-state index in [1.54, 1.807) is 48.7 Å². The molecule has 7 nitrogen and oxygen atoms in total. The maximum atomic E-state index is 12.3. The summed E-state index contributed by atoms with van der Waals surface area (Å²) in [7, 11) is 0. The van der Waals surface area contributed by atoms with Crippen LogP contribution in [-0.4, -0.2) is 23.5 Å². The predicted molar refractivity (Wildman–Crippen MR) is 127 cm³/mol. The molecule has 0 radical (unpaired) electrons. The van der Waals surface area contributed by atoms with Crippen LogP contribution in [0, 0.1) is 0 Å². The largest absolute Gasteiger partial charge is 0.494 e. The van der Waals surface area contributed by atoms with E-state index in [-0.39, 0.29) is 16.9 Å². The SMILES string of the molecule is CCOc1ccc(/C=C/C(=O)NC(=S)Nc2cccc(C(=O)NCc3ccco3)c2)cc1. The number of hydrogen-bond acceptors (Lipinski definition) is 5. The van der Waals surface area contributed by atoms with Crippen molar-refractivity contribution in [2.24, 2.45) is 0 Å². The average Bonchev–Trinajstić information content (AvgIpc) is 3.31. The highest BCUT2D eigenvalue weighted by molar-refractivity contribution is 7.80. The van der Waals surface area contributed by atoms with Gasteiger partial charge in [0.2, 0.25) is 5.91 Å². The Morgan fingerprint density at radius 2 is 1.91 bits per heavy atom. The highest BCUT2D eigenvalue weighted by Gasteiger charge is 2.08. The lowest BCUT2D eigenvalue weighted by Gasteiger charge is -2.10. The van der Waals surface area contributed by atoms with Crippen molar-refractivity contribution in [1.29, 1.82) is 0 Å². The minimum absolute atomic E-state index is 0.125.